The van der Waals surface area contributed by atoms with Crippen molar-refractivity contribution in [3.63, 3.8) is 0 Å². The third-order valence-electron chi connectivity index (χ3n) is 5.55. The van der Waals surface area contributed by atoms with Crippen molar-refractivity contribution >= 4 is 22.7 Å². The van der Waals surface area contributed by atoms with Crippen molar-refractivity contribution in [2.24, 2.45) is 0 Å². The maximum absolute atomic E-state index is 10.3. The minimum atomic E-state index is -1.11. The van der Waals surface area contributed by atoms with E-state index in [0.717, 1.165) is 11.1 Å². The van der Waals surface area contributed by atoms with Gasteiger partial charge in [0.2, 0.25) is 0 Å². The molecule has 10 nitrogen and oxygen atoms in total. The average molecular weight is 452 g/mol. The third-order valence-corrected chi connectivity index (χ3v) is 5.55. The van der Waals surface area contributed by atoms with Gasteiger partial charge in [0.1, 0.15) is 11.9 Å². The highest BCUT2D eigenvalue weighted by Gasteiger charge is 2.25. The van der Waals surface area contributed by atoms with Crippen LogP contribution in [0.2, 0.25) is 0 Å². The zero-order valence-electron chi connectivity index (χ0n) is 18.8. The molecule has 1 atom stereocenters. The van der Waals surface area contributed by atoms with Crippen LogP contribution in [0.25, 0.3) is 22.6 Å². The number of aryl methyl sites for hydroxylation is 1. The van der Waals surface area contributed by atoms with Crippen LogP contribution in [-0.4, -0.2) is 75.4 Å². The molecule has 1 aliphatic heterocycles. The largest absolute Gasteiger partial charge is 0.394 e. The molecule has 0 radical (unpaired) electrons. The molecule has 1 aliphatic rings. The van der Waals surface area contributed by atoms with Gasteiger partial charge in [-0.1, -0.05) is 18.2 Å². The summed E-state index contributed by atoms with van der Waals surface area (Å²) >= 11 is 0. The molecule has 3 aromatic rings. The van der Waals surface area contributed by atoms with Crippen molar-refractivity contribution in [3.8, 4) is 11.4 Å². The van der Waals surface area contributed by atoms with Gasteiger partial charge >= 0.3 is 0 Å². The van der Waals surface area contributed by atoms with Crippen LogP contribution < -0.4 is 10.2 Å². The Kier molecular flexibility index (Phi) is 6.97. The zero-order chi connectivity index (χ0) is 23.4. The Morgan fingerprint density at radius 2 is 2.06 bits per heavy atom. The van der Waals surface area contributed by atoms with E-state index in [1.807, 2.05) is 35.8 Å². The first-order valence-electron chi connectivity index (χ1n) is 11.0. The number of aliphatic hydroxyl groups excluding tert-OH is 2. The van der Waals surface area contributed by atoms with Crippen LogP contribution in [0.5, 0.6) is 0 Å². The minimum Gasteiger partial charge on any atom is -0.394 e. The lowest BCUT2D eigenvalue weighted by molar-refractivity contribution is 0.0861. The lowest BCUT2D eigenvalue weighted by Crippen LogP contribution is -2.37. The highest BCUT2D eigenvalue weighted by Crippen LogP contribution is 2.30. The van der Waals surface area contributed by atoms with Crippen molar-refractivity contribution < 1.29 is 14.9 Å². The van der Waals surface area contributed by atoms with E-state index in [-0.39, 0.29) is 0 Å². The topological polar surface area (TPSA) is 132 Å². The molecule has 0 saturated carbocycles. The van der Waals surface area contributed by atoms with Crippen molar-refractivity contribution in [1.29, 1.82) is 5.41 Å². The molecule has 1 saturated heterocycles. The van der Waals surface area contributed by atoms with Crippen LogP contribution in [0.4, 0.5) is 5.82 Å². The summed E-state index contributed by atoms with van der Waals surface area (Å²) in [7, 11) is 1.79. The van der Waals surface area contributed by atoms with Gasteiger partial charge in [-0.2, -0.15) is 0 Å². The molecule has 4 N–H and O–H groups in total. The van der Waals surface area contributed by atoms with Gasteiger partial charge in [0.15, 0.2) is 22.8 Å². The number of morpholine rings is 1. The Labute approximate surface area is 192 Å². The van der Waals surface area contributed by atoms with E-state index in [1.54, 1.807) is 19.3 Å². The van der Waals surface area contributed by atoms with Crippen molar-refractivity contribution in [1.82, 2.24) is 24.8 Å². The lowest BCUT2D eigenvalue weighted by atomic mass is 10.1. The van der Waals surface area contributed by atoms with Gasteiger partial charge in [-0.25, -0.2) is 15.0 Å². The molecule has 174 valence electrons. The Balaban J connectivity index is 1.89. The number of nitrogens with one attached hydrogen (secondary N) is 2. The van der Waals surface area contributed by atoms with E-state index in [1.165, 1.54) is 0 Å². The Hall–Kier alpha value is -3.34. The smallest absolute Gasteiger partial charge is 0.166 e. The molecular weight excluding hydrogens is 422 g/mol. The first kappa shape index (κ1) is 22.8. The summed E-state index contributed by atoms with van der Waals surface area (Å²) in [6, 6.07) is 7.56. The quantitative estimate of drug-likeness (QED) is 0.379. The standard InChI is InChI=1S/C23H29N7O3/c1-3-30-21(18(32)14-31)26-19-22(29-9-11-33-12-10-29)27-20(28-23(19)30)16-6-4-5-15(13-16)17(24)7-8-25-2/h4-8,13,18,24-25,31-32H,3,9-12,14H2,1-2H3/b8-7-,24-17?. The van der Waals surface area contributed by atoms with Gasteiger partial charge in [-0.15, -0.1) is 0 Å². The van der Waals surface area contributed by atoms with E-state index < -0.39 is 12.7 Å². The molecule has 1 fully saturated rings. The number of hydrogen-bond acceptors (Lipinski definition) is 9. The fourth-order valence-electron chi connectivity index (χ4n) is 3.86. The summed E-state index contributed by atoms with van der Waals surface area (Å²) < 4.78 is 7.32. The summed E-state index contributed by atoms with van der Waals surface area (Å²) in [5, 5.41) is 31.1. The zero-order valence-corrected chi connectivity index (χ0v) is 18.8. The highest BCUT2D eigenvalue weighted by atomic mass is 16.5. The molecule has 1 unspecified atom stereocenters. The Morgan fingerprint density at radius 1 is 1.27 bits per heavy atom. The molecule has 0 bridgehead atoms. The average Bonchev–Trinajstić information content (AvgIpc) is 3.25. The van der Waals surface area contributed by atoms with Crippen molar-refractivity contribution in [2.45, 2.75) is 19.6 Å². The molecule has 10 heteroatoms. The van der Waals surface area contributed by atoms with Crippen molar-refractivity contribution in [3.05, 3.63) is 47.9 Å². The maximum atomic E-state index is 10.3. The second-order valence-electron chi connectivity index (χ2n) is 7.67. The number of anilines is 1. The number of benzene rings is 1. The third kappa shape index (κ3) is 4.58. The normalized spacial score (nSPS) is 15.3. The van der Waals surface area contributed by atoms with Gasteiger partial charge in [-0.05, 0) is 25.3 Å². The fraction of sp³-hybridized carbons (Fsp3) is 0.391. The van der Waals surface area contributed by atoms with E-state index >= 15 is 0 Å². The van der Waals surface area contributed by atoms with Crippen LogP contribution in [-0.2, 0) is 11.3 Å². The monoisotopic (exact) mass is 451 g/mol. The Morgan fingerprint density at radius 3 is 2.76 bits per heavy atom. The predicted molar refractivity (Wildman–Crippen MR) is 127 cm³/mol. The fourth-order valence-corrected chi connectivity index (χ4v) is 3.86. The van der Waals surface area contributed by atoms with Crippen LogP contribution in [0.1, 0.15) is 24.4 Å². The number of aromatic nitrogens is 4. The first-order valence-corrected chi connectivity index (χ1v) is 11.0. The van der Waals surface area contributed by atoms with Gasteiger partial charge in [0.05, 0.1) is 25.5 Å². The lowest BCUT2D eigenvalue weighted by Gasteiger charge is -2.28. The Bertz CT molecular complexity index is 1170. The number of allylic oxidation sites excluding steroid dienone is 1. The van der Waals surface area contributed by atoms with E-state index in [4.69, 9.17) is 20.1 Å². The van der Waals surface area contributed by atoms with Crippen molar-refractivity contribution in [2.75, 3.05) is 44.9 Å². The summed E-state index contributed by atoms with van der Waals surface area (Å²) in [4.78, 5) is 16.4. The summed E-state index contributed by atoms with van der Waals surface area (Å²) in [6.07, 6.45) is 2.29. The number of ether oxygens (including phenoxy) is 1. The van der Waals surface area contributed by atoms with Crippen LogP contribution >= 0.6 is 0 Å². The van der Waals surface area contributed by atoms with Gasteiger partial charge < -0.3 is 35.1 Å². The predicted octanol–water partition coefficient (Wildman–Crippen LogP) is 1.48. The van der Waals surface area contributed by atoms with E-state index in [9.17, 15) is 10.2 Å². The van der Waals surface area contributed by atoms with E-state index in [2.05, 4.69) is 15.2 Å². The van der Waals surface area contributed by atoms with Crippen LogP contribution in [0, 0.1) is 5.41 Å². The summed E-state index contributed by atoms with van der Waals surface area (Å²) in [5.41, 5.74) is 3.08. The minimum absolute atomic E-state index is 0.365. The molecule has 0 aliphatic carbocycles. The number of nitrogens with zero attached hydrogens (tertiary/aromatic N) is 5. The molecule has 1 aromatic carbocycles. The molecule has 3 heterocycles. The number of hydrogen-bond donors (Lipinski definition) is 4. The first-order chi connectivity index (χ1) is 16.1. The second kappa shape index (κ2) is 10.1. The van der Waals surface area contributed by atoms with Gasteiger partial charge in [0, 0.05) is 37.8 Å². The van der Waals surface area contributed by atoms with Gasteiger partial charge in [-0.3, -0.25) is 0 Å². The molecule has 0 amide bonds. The number of imidazole rings is 1. The molecule has 4 rings (SSSR count). The SMILES string of the molecule is CCn1c(C(O)CO)nc2c(N3CCOCC3)nc(-c3cccc(C(=N)/C=C\NC)c3)nc21. The highest BCUT2D eigenvalue weighted by molar-refractivity contribution is 6.07. The maximum Gasteiger partial charge on any atom is 0.166 e. The van der Waals surface area contributed by atoms with Crippen LogP contribution in [0.3, 0.4) is 0 Å². The number of aliphatic hydroxyl groups is 2. The second-order valence-corrected chi connectivity index (χ2v) is 7.67. The van der Waals surface area contributed by atoms with Gasteiger partial charge in [0.25, 0.3) is 0 Å². The summed E-state index contributed by atoms with van der Waals surface area (Å²) in [6.45, 7) is 4.56. The molecule has 33 heavy (non-hydrogen) atoms. The molecule has 0 spiro atoms. The molecule has 2 aromatic heterocycles. The number of rotatable bonds is 8. The summed E-state index contributed by atoms with van der Waals surface area (Å²) in [5.74, 6) is 1.55. The van der Waals surface area contributed by atoms with Crippen LogP contribution in [0.15, 0.2) is 36.5 Å². The number of fused-ring (bicyclic) bond motifs is 1. The van der Waals surface area contributed by atoms with E-state index in [0.29, 0.717) is 67.2 Å². The molecular formula is C23H29N7O3.